The van der Waals surface area contributed by atoms with Gasteiger partial charge in [-0.3, -0.25) is 4.79 Å². The maximum atomic E-state index is 12.2. The molecule has 1 saturated carbocycles. The summed E-state index contributed by atoms with van der Waals surface area (Å²) in [5.74, 6) is -0.862. The number of primary amides is 1. The van der Waals surface area contributed by atoms with Crippen LogP contribution in [0.3, 0.4) is 0 Å². The van der Waals surface area contributed by atoms with Crippen LogP contribution in [0.4, 0.5) is 5.69 Å². The van der Waals surface area contributed by atoms with E-state index in [9.17, 15) is 14.7 Å². The van der Waals surface area contributed by atoms with Gasteiger partial charge in [0.25, 0.3) is 0 Å². The molecule has 2 aromatic carbocycles. The van der Waals surface area contributed by atoms with Crippen LogP contribution in [-0.2, 0) is 6.54 Å². The van der Waals surface area contributed by atoms with Crippen LogP contribution in [0.5, 0.6) is 0 Å². The number of anilines is 1. The summed E-state index contributed by atoms with van der Waals surface area (Å²) in [5, 5.41) is 10.9. The van der Waals surface area contributed by atoms with E-state index in [0.717, 1.165) is 68.9 Å². The first-order chi connectivity index (χ1) is 18.5. The molecule has 3 N–H and O–H groups in total. The lowest BCUT2D eigenvalue weighted by Crippen LogP contribution is -2.38. The number of carboxylic acid groups (broad SMARTS) is 1. The Morgan fingerprint density at radius 1 is 0.846 bits per heavy atom. The first-order valence-corrected chi connectivity index (χ1v) is 14.3. The quantitative estimate of drug-likeness (QED) is 0.400. The molecule has 1 saturated heterocycles. The molecule has 0 spiro atoms. The molecule has 1 aromatic heterocycles. The topological polar surface area (TPSA) is 91.8 Å². The Balaban J connectivity index is 0.00000308. The zero-order valence-corrected chi connectivity index (χ0v) is 23.3. The summed E-state index contributed by atoms with van der Waals surface area (Å²) in [6.07, 6.45) is 9.86. The minimum absolute atomic E-state index is 0. The number of fused-ring (bicyclic) bond motifs is 5. The van der Waals surface area contributed by atoms with Crippen LogP contribution in [0.2, 0.25) is 0 Å². The Morgan fingerprint density at radius 3 is 2.28 bits per heavy atom. The van der Waals surface area contributed by atoms with Crippen LogP contribution >= 0.6 is 12.4 Å². The molecule has 1 aliphatic carbocycles. The van der Waals surface area contributed by atoms with E-state index in [1.807, 2.05) is 24.3 Å². The van der Waals surface area contributed by atoms with Gasteiger partial charge in [-0.2, -0.15) is 0 Å². The normalized spacial score (nSPS) is 18.2. The molecular weight excluding hydrogens is 512 g/mol. The van der Waals surface area contributed by atoms with Gasteiger partial charge in [0.1, 0.15) is 0 Å². The third-order valence-electron chi connectivity index (χ3n) is 8.97. The van der Waals surface area contributed by atoms with Crippen molar-refractivity contribution in [3.8, 4) is 11.3 Å². The minimum Gasteiger partial charge on any atom is -0.478 e. The molecule has 2 fully saturated rings. The number of nitrogens with two attached hydrogens (primary N) is 1. The van der Waals surface area contributed by atoms with E-state index in [-0.39, 0.29) is 12.4 Å². The van der Waals surface area contributed by atoms with Crippen molar-refractivity contribution in [3.05, 3.63) is 53.1 Å². The van der Waals surface area contributed by atoms with Gasteiger partial charge in [0.05, 0.1) is 11.3 Å². The van der Waals surface area contributed by atoms with Gasteiger partial charge in [-0.05, 0) is 80.6 Å². The highest BCUT2D eigenvalue weighted by Gasteiger charge is 2.31. The number of hydrogen-bond acceptors (Lipinski definition) is 4. The SMILES string of the molecule is Cl.NC(=O)c1ccc2c(c1)N(CCN1CCCCC1)CCn1c-2c(C2CCCCC2)c2ccc(C(=O)O)cc21. The van der Waals surface area contributed by atoms with Gasteiger partial charge >= 0.3 is 5.97 Å². The van der Waals surface area contributed by atoms with Gasteiger partial charge < -0.3 is 25.2 Å². The van der Waals surface area contributed by atoms with Gasteiger partial charge in [-0.15, -0.1) is 12.4 Å². The number of likely N-dealkylation sites (tertiary alicyclic amines) is 1. The number of benzene rings is 2. The van der Waals surface area contributed by atoms with E-state index in [1.165, 1.54) is 55.2 Å². The van der Waals surface area contributed by atoms with Crippen molar-refractivity contribution in [2.24, 2.45) is 5.73 Å². The fourth-order valence-corrected chi connectivity index (χ4v) is 7.00. The summed E-state index contributed by atoms with van der Waals surface area (Å²) in [5.41, 5.74) is 12.3. The fraction of sp³-hybridized carbons (Fsp3) is 0.484. The van der Waals surface area contributed by atoms with E-state index < -0.39 is 11.9 Å². The first kappa shape index (κ1) is 27.5. The smallest absolute Gasteiger partial charge is 0.335 e. The highest BCUT2D eigenvalue weighted by Crippen LogP contribution is 2.47. The monoisotopic (exact) mass is 550 g/mol. The third kappa shape index (κ3) is 5.27. The molecule has 0 atom stereocenters. The van der Waals surface area contributed by atoms with Crippen molar-refractivity contribution in [1.82, 2.24) is 9.47 Å². The Hall–Kier alpha value is -3.03. The molecule has 8 heteroatoms. The van der Waals surface area contributed by atoms with Crippen LogP contribution < -0.4 is 10.6 Å². The number of rotatable bonds is 6. The van der Waals surface area contributed by atoms with E-state index in [0.29, 0.717) is 17.0 Å². The number of nitrogens with zero attached hydrogens (tertiary/aromatic N) is 3. The lowest BCUT2D eigenvalue weighted by molar-refractivity contribution is 0.0696. The Morgan fingerprint density at radius 2 is 1.56 bits per heavy atom. The Bertz CT molecular complexity index is 1370. The molecule has 0 bridgehead atoms. The number of hydrogen-bond donors (Lipinski definition) is 2. The predicted molar refractivity (Wildman–Crippen MR) is 158 cm³/mol. The molecule has 0 radical (unpaired) electrons. The summed E-state index contributed by atoms with van der Waals surface area (Å²) in [4.78, 5) is 29.1. The van der Waals surface area contributed by atoms with Crippen molar-refractivity contribution in [1.29, 1.82) is 0 Å². The van der Waals surface area contributed by atoms with Crippen molar-refractivity contribution >= 4 is 40.9 Å². The average Bonchev–Trinajstić information content (AvgIpc) is 3.18. The van der Waals surface area contributed by atoms with Gasteiger partial charge in [0, 0.05) is 53.9 Å². The average molecular weight is 551 g/mol. The van der Waals surface area contributed by atoms with Gasteiger partial charge in [-0.1, -0.05) is 31.7 Å². The summed E-state index contributed by atoms with van der Waals surface area (Å²) in [7, 11) is 0. The highest BCUT2D eigenvalue weighted by molar-refractivity contribution is 6.01. The summed E-state index contributed by atoms with van der Waals surface area (Å²) < 4.78 is 2.36. The summed E-state index contributed by atoms with van der Waals surface area (Å²) >= 11 is 0. The Kier molecular flexibility index (Phi) is 8.19. The molecule has 0 unspecified atom stereocenters. The van der Waals surface area contributed by atoms with Crippen molar-refractivity contribution < 1.29 is 14.7 Å². The fourth-order valence-electron chi connectivity index (χ4n) is 7.00. The number of carbonyl (C=O) groups is 2. The third-order valence-corrected chi connectivity index (χ3v) is 8.97. The number of carboxylic acids is 1. The number of carbonyl (C=O) groups excluding carboxylic acids is 1. The maximum Gasteiger partial charge on any atom is 0.335 e. The van der Waals surface area contributed by atoms with E-state index >= 15 is 0 Å². The summed E-state index contributed by atoms with van der Waals surface area (Å²) in [6, 6.07) is 11.5. The number of aromatic carboxylic acids is 1. The molecular formula is C31H39ClN4O3. The first-order valence-electron chi connectivity index (χ1n) is 14.3. The van der Waals surface area contributed by atoms with Gasteiger partial charge in [0.2, 0.25) is 5.91 Å². The lowest BCUT2D eigenvalue weighted by Gasteiger charge is -2.31. The standard InChI is InChI=1S/C31H38N4O3.ClH/c32-30(36)22-9-12-25-26(19-22)34(16-15-33-13-5-2-6-14-33)17-18-35-27-20-23(31(37)38)10-11-24(27)28(29(25)35)21-7-3-1-4-8-21;/h9-12,19-21H,1-8,13-18H2,(H2,32,36)(H,37,38);1H. The molecule has 2 aliphatic heterocycles. The number of amides is 1. The van der Waals surface area contributed by atoms with Crippen molar-refractivity contribution in [2.75, 3.05) is 37.6 Å². The van der Waals surface area contributed by atoms with Crippen LogP contribution in [0.25, 0.3) is 22.2 Å². The zero-order chi connectivity index (χ0) is 26.2. The van der Waals surface area contributed by atoms with Crippen molar-refractivity contribution in [2.45, 2.75) is 63.8 Å². The second-order valence-corrected chi connectivity index (χ2v) is 11.3. The molecule has 1 amide bonds. The number of piperidine rings is 1. The van der Waals surface area contributed by atoms with Gasteiger partial charge in [0.15, 0.2) is 0 Å². The zero-order valence-electron chi connectivity index (χ0n) is 22.5. The molecule has 7 nitrogen and oxygen atoms in total. The molecule has 6 rings (SSSR count). The summed E-state index contributed by atoms with van der Waals surface area (Å²) in [6.45, 7) is 5.74. The van der Waals surface area contributed by atoms with Crippen LogP contribution in [0, 0.1) is 0 Å². The number of aromatic nitrogens is 1. The number of halogens is 1. The minimum atomic E-state index is -0.898. The maximum absolute atomic E-state index is 12.2. The molecule has 39 heavy (non-hydrogen) atoms. The van der Waals surface area contributed by atoms with E-state index in [2.05, 4.69) is 20.4 Å². The predicted octanol–water partition coefficient (Wildman–Crippen LogP) is 5.88. The van der Waals surface area contributed by atoms with Crippen LogP contribution in [0.1, 0.15) is 83.6 Å². The molecule has 3 aliphatic rings. The Labute approximate surface area is 236 Å². The second kappa shape index (κ2) is 11.6. The lowest BCUT2D eigenvalue weighted by atomic mass is 9.81. The second-order valence-electron chi connectivity index (χ2n) is 11.3. The highest BCUT2D eigenvalue weighted by atomic mass is 35.5. The van der Waals surface area contributed by atoms with Crippen molar-refractivity contribution in [3.63, 3.8) is 0 Å². The largest absolute Gasteiger partial charge is 0.478 e. The molecule has 208 valence electrons. The van der Waals surface area contributed by atoms with Gasteiger partial charge in [-0.25, -0.2) is 4.79 Å². The molecule has 3 heterocycles. The van der Waals surface area contributed by atoms with E-state index in [1.54, 1.807) is 6.07 Å². The van der Waals surface area contributed by atoms with E-state index in [4.69, 9.17) is 5.73 Å². The van der Waals surface area contributed by atoms with Crippen LogP contribution in [-0.4, -0.2) is 59.2 Å². The molecule has 3 aromatic rings. The van der Waals surface area contributed by atoms with Crippen LogP contribution in [0.15, 0.2) is 36.4 Å².